The van der Waals surface area contributed by atoms with Crippen molar-refractivity contribution >= 4 is 21.5 Å². The zero-order valence-corrected chi connectivity index (χ0v) is 22.2. The Morgan fingerprint density at radius 2 is 1.22 bits per heavy atom. The van der Waals surface area contributed by atoms with E-state index in [9.17, 15) is 13.2 Å². The Hall–Kier alpha value is -2.92. The van der Waals surface area contributed by atoms with Gasteiger partial charge in [0.05, 0.1) is 10.6 Å². The molecule has 0 aliphatic heterocycles. The number of anilines is 1. The van der Waals surface area contributed by atoms with Gasteiger partial charge in [-0.25, -0.2) is 8.42 Å². The molecule has 3 aromatic rings. The van der Waals surface area contributed by atoms with Crippen molar-refractivity contribution in [3.8, 4) is 0 Å². The molecule has 192 valence electrons. The van der Waals surface area contributed by atoms with Crippen LogP contribution in [-0.2, 0) is 16.4 Å². The maximum atomic E-state index is 13.4. The average molecular weight is 506 g/mol. The third kappa shape index (κ3) is 8.34. The average Bonchev–Trinajstić information content (AvgIpc) is 2.90. The number of para-hydroxylation sites is 1. The predicted molar refractivity (Wildman–Crippen MR) is 149 cm³/mol. The molecule has 0 aromatic heterocycles. The molecule has 4 nitrogen and oxygen atoms in total. The highest BCUT2D eigenvalue weighted by Gasteiger charge is 2.21. The number of unbranched alkanes of at least 4 members (excludes halogenated alkanes) is 9. The Morgan fingerprint density at radius 1 is 0.667 bits per heavy atom. The molecule has 0 saturated carbocycles. The Kier molecular flexibility index (Phi) is 11.2. The van der Waals surface area contributed by atoms with E-state index >= 15 is 0 Å². The molecule has 0 fully saturated rings. The van der Waals surface area contributed by atoms with Crippen molar-refractivity contribution in [3.63, 3.8) is 0 Å². The first-order chi connectivity index (χ1) is 17.5. The molecule has 0 spiro atoms. The highest BCUT2D eigenvalue weighted by molar-refractivity contribution is 7.92. The fourth-order valence-electron chi connectivity index (χ4n) is 4.49. The fourth-order valence-corrected chi connectivity index (χ4v) is 5.84. The number of sulfonamides is 1. The van der Waals surface area contributed by atoms with Gasteiger partial charge in [0, 0.05) is 11.1 Å². The summed E-state index contributed by atoms with van der Waals surface area (Å²) >= 11 is 0. The van der Waals surface area contributed by atoms with E-state index < -0.39 is 10.0 Å². The van der Waals surface area contributed by atoms with E-state index in [1.165, 1.54) is 51.4 Å². The molecule has 0 aliphatic carbocycles. The van der Waals surface area contributed by atoms with Gasteiger partial charge in [0.2, 0.25) is 0 Å². The number of rotatable bonds is 16. The maximum Gasteiger partial charge on any atom is 0.262 e. The van der Waals surface area contributed by atoms with Crippen molar-refractivity contribution in [1.29, 1.82) is 0 Å². The van der Waals surface area contributed by atoms with Gasteiger partial charge < -0.3 is 0 Å². The van der Waals surface area contributed by atoms with Gasteiger partial charge in [0.25, 0.3) is 10.0 Å². The molecular formula is C31H39NO3S. The predicted octanol–water partition coefficient (Wildman–Crippen LogP) is 8.18. The highest BCUT2D eigenvalue weighted by atomic mass is 32.2. The topological polar surface area (TPSA) is 63.2 Å². The third-order valence-electron chi connectivity index (χ3n) is 6.51. The lowest BCUT2D eigenvalue weighted by Crippen LogP contribution is -2.17. The quantitative estimate of drug-likeness (QED) is 0.158. The number of carbonyl (C=O) groups is 1. The van der Waals surface area contributed by atoms with Gasteiger partial charge in [-0.3, -0.25) is 9.52 Å². The van der Waals surface area contributed by atoms with Gasteiger partial charge in [-0.1, -0.05) is 125 Å². The fraction of sp³-hybridized carbons (Fsp3) is 0.387. The van der Waals surface area contributed by atoms with Gasteiger partial charge in [0.15, 0.2) is 5.78 Å². The molecule has 0 saturated heterocycles. The standard InChI is InChI=1S/C31H39NO3S/c1-2-3-4-5-6-7-8-9-10-12-19-26-20-15-18-25-30(26)36(34,35)32-29-24-17-16-23-28(29)31(33)27-21-13-11-14-22-27/h11,13-18,20-25,32H,2-10,12,19H2,1H3. The summed E-state index contributed by atoms with van der Waals surface area (Å²) in [4.78, 5) is 13.3. The van der Waals surface area contributed by atoms with E-state index in [1.54, 1.807) is 60.7 Å². The van der Waals surface area contributed by atoms with Crippen molar-refractivity contribution in [2.24, 2.45) is 0 Å². The number of aryl methyl sites for hydroxylation is 1. The number of hydrogen-bond acceptors (Lipinski definition) is 3. The monoisotopic (exact) mass is 505 g/mol. The van der Waals surface area contributed by atoms with Crippen LogP contribution in [0.25, 0.3) is 0 Å². The Bertz CT molecular complexity index is 1190. The minimum absolute atomic E-state index is 0.215. The van der Waals surface area contributed by atoms with Crippen molar-refractivity contribution in [2.45, 2.75) is 82.4 Å². The van der Waals surface area contributed by atoms with Crippen LogP contribution in [0.2, 0.25) is 0 Å². The molecule has 0 heterocycles. The largest absolute Gasteiger partial charge is 0.289 e. The molecule has 3 rings (SSSR count). The van der Waals surface area contributed by atoms with Crippen molar-refractivity contribution in [2.75, 3.05) is 4.72 Å². The summed E-state index contributed by atoms with van der Waals surface area (Å²) in [7, 11) is -3.85. The molecule has 0 aliphatic rings. The Labute approximate surface area is 217 Å². The number of carbonyl (C=O) groups excluding carboxylic acids is 1. The van der Waals surface area contributed by atoms with E-state index in [2.05, 4.69) is 11.6 Å². The Balaban J connectivity index is 1.60. The minimum Gasteiger partial charge on any atom is -0.289 e. The summed E-state index contributed by atoms with van der Waals surface area (Å²) in [6.45, 7) is 2.24. The van der Waals surface area contributed by atoms with E-state index in [-0.39, 0.29) is 10.7 Å². The van der Waals surface area contributed by atoms with E-state index in [1.807, 2.05) is 18.2 Å². The molecule has 5 heteroatoms. The molecule has 3 aromatic carbocycles. The van der Waals surface area contributed by atoms with Gasteiger partial charge in [-0.15, -0.1) is 0 Å². The van der Waals surface area contributed by atoms with E-state index in [0.29, 0.717) is 16.8 Å². The summed E-state index contributed by atoms with van der Waals surface area (Å²) < 4.78 is 29.5. The van der Waals surface area contributed by atoms with Crippen LogP contribution in [0.4, 0.5) is 5.69 Å². The minimum atomic E-state index is -3.85. The summed E-state index contributed by atoms with van der Waals surface area (Å²) in [5.74, 6) is -0.215. The van der Waals surface area contributed by atoms with Crippen LogP contribution >= 0.6 is 0 Å². The van der Waals surface area contributed by atoms with Crippen molar-refractivity contribution in [3.05, 3.63) is 95.6 Å². The Morgan fingerprint density at radius 3 is 1.92 bits per heavy atom. The van der Waals surface area contributed by atoms with E-state index in [4.69, 9.17) is 0 Å². The molecule has 0 radical (unpaired) electrons. The first-order valence-corrected chi connectivity index (χ1v) is 14.8. The van der Waals surface area contributed by atoms with Crippen molar-refractivity contribution in [1.82, 2.24) is 0 Å². The molecule has 0 bridgehead atoms. The molecular weight excluding hydrogens is 466 g/mol. The highest BCUT2D eigenvalue weighted by Crippen LogP contribution is 2.25. The van der Waals surface area contributed by atoms with Crippen LogP contribution in [-0.4, -0.2) is 14.2 Å². The zero-order valence-electron chi connectivity index (χ0n) is 21.4. The third-order valence-corrected chi connectivity index (χ3v) is 7.98. The molecule has 1 N–H and O–H groups in total. The second-order valence-corrected chi connectivity index (χ2v) is 11.0. The van der Waals surface area contributed by atoms with E-state index in [0.717, 1.165) is 24.8 Å². The zero-order chi connectivity index (χ0) is 25.6. The first-order valence-electron chi connectivity index (χ1n) is 13.3. The molecule has 0 unspecified atom stereocenters. The number of nitrogens with one attached hydrogen (secondary N) is 1. The maximum absolute atomic E-state index is 13.4. The number of benzene rings is 3. The summed E-state index contributed by atoms with van der Waals surface area (Å²) in [6, 6.07) is 22.8. The first kappa shape index (κ1) is 27.7. The smallest absolute Gasteiger partial charge is 0.262 e. The van der Waals surface area contributed by atoms with Crippen LogP contribution in [0.5, 0.6) is 0 Å². The van der Waals surface area contributed by atoms with Crippen LogP contribution in [0.15, 0.2) is 83.8 Å². The lowest BCUT2D eigenvalue weighted by molar-refractivity contribution is 0.103. The van der Waals surface area contributed by atoms with Gasteiger partial charge in [-0.2, -0.15) is 0 Å². The molecule has 0 atom stereocenters. The lowest BCUT2D eigenvalue weighted by Gasteiger charge is -2.15. The van der Waals surface area contributed by atoms with Gasteiger partial charge in [-0.05, 0) is 36.6 Å². The second kappa shape index (κ2) is 14.6. The van der Waals surface area contributed by atoms with Crippen LogP contribution in [0, 0.1) is 0 Å². The molecule has 0 amide bonds. The number of hydrogen-bond donors (Lipinski definition) is 1. The summed E-state index contributed by atoms with van der Waals surface area (Å²) in [5.41, 5.74) is 1.96. The van der Waals surface area contributed by atoms with Crippen LogP contribution in [0.1, 0.15) is 92.6 Å². The van der Waals surface area contributed by atoms with Crippen LogP contribution < -0.4 is 4.72 Å². The van der Waals surface area contributed by atoms with Gasteiger partial charge in [0.1, 0.15) is 0 Å². The van der Waals surface area contributed by atoms with Crippen molar-refractivity contribution < 1.29 is 13.2 Å². The lowest BCUT2D eigenvalue weighted by atomic mass is 10.0. The number of ketones is 1. The SMILES string of the molecule is CCCCCCCCCCCCc1ccccc1S(=O)(=O)Nc1ccccc1C(=O)c1ccccc1. The molecule has 36 heavy (non-hydrogen) atoms. The second-order valence-electron chi connectivity index (χ2n) is 9.39. The normalized spacial score (nSPS) is 11.4. The summed E-state index contributed by atoms with van der Waals surface area (Å²) in [6.07, 6.45) is 13.1. The van der Waals surface area contributed by atoms with Crippen LogP contribution in [0.3, 0.4) is 0 Å². The van der Waals surface area contributed by atoms with Gasteiger partial charge >= 0.3 is 0 Å². The summed E-state index contributed by atoms with van der Waals surface area (Å²) in [5, 5.41) is 0.